The molecule has 0 aromatic carbocycles. The van der Waals surface area contributed by atoms with Gasteiger partial charge in [-0.3, -0.25) is 15.1 Å². The van der Waals surface area contributed by atoms with E-state index < -0.39 is 6.04 Å². The Hall–Kier alpha value is -1.85. The minimum Gasteiger partial charge on any atom is -0.465 e. The Morgan fingerprint density at radius 3 is 3.00 bits per heavy atom. The molecule has 6 nitrogen and oxygen atoms in total. The van der Waals surface area contributed by atoms with Gasteiger partial charge < -0.3 is 10.1 Å². The second-order valence-electron chi connectivity index (χ2n) is 3.98. The van der Waals surface area contributed by atoms with Crippen molar-refractivity contribution in [2.24, 2.45) is 9.98 Å². The van der Waals surface area contributed by atoms with E-state index in [0.29, 0.717) is 18.5 Å². The summed E-state index contributed by atoms with van der Waals surface area (Å²) >= 11 is 0. The average Bonchev–Trinajstić information content (AvgIpc) is 2.33. The smallest absolute Gasteiger partial charge is 0.294 e. The monoisotopic (exact) mass is 252 g/mol. The van der Waals surface area contributed by atoms with Crippen molar-refractivity contribution in [2.45, 2.75) is 39.7 Å². The highest BCUT2D eigenvalue weighted by atomic mass is 16.5. The first-order chi connectivity index (χ1) is 8.63. The Bertz CT molecular complexity index is 374. The summed E-state index contributed by atoms with van der Waals surface area (Å²) in [5.74, 6) is 0.432. The lowest BCUT2D eigenvalue weighted by Gasteiger charge is -2.13. The van der Waals surface area contributed by atoms with Crippen LogP contribution >= 0.6 is 0 Å². The van der Waals surface area contributed by atoms with Crippen LogP contribution in [0.2, 0.25) is 0 Å². The van der Waals surface area contributed by atoms with Gasteiger partial charge in [0.05, 0.1) is 6.61 Å². The second kappa shape index (κ2) is 7.47. The zero-order chi connectivity index (χ0) is 13.4. The van der Waals surface area contributed by atoms with E-state index in [0.717, 1.165) is 12.8 Å². The molecule has 1 aliphatic heterocycles. The van der Waals surface area contributed by atoms with Crippen molar-refractivity contribution in [2.75, 3.05) is 6.61 Å². The lowest BCUT2D eigenvalue weighted by Crippen LogP contribution is -2.35. The maximum absolute atomic E-state index is 11.5. The number of carbonyl (C=O) groups excluding carboxylic acids is 1. The van der Waals surface area contributed by atoms with Crippen LogP contribution in [0, 0.1) is 0 Å². The zero-order valence-electron chi connectivity index (χ0n) is 11.1. The molecule has 0 spiro atoms. The Morgan fingerprint density at radius 2 is 2.28 bits per heavy atom. The van der Waals surface area contributed by atoms with Gasteiger partial charge in [0.25, 0.3) is 6.02 Å². The summed E-state index contributed by atoms with van der Waals surface area (Å²) in [6.07, 6.45) is 4.98. The van der Waals surface area contributed by atoms with Crippen LogP contribution in [0.4, 0.5) is 0 Å². The van der Waals surface area contributed by atoms with Crippen LogP contribution in [0.1, 0.15) is 33.6 Å². The summed E-state index contributed by atoms with van der Waals surface area (Å²) in [7, 11) is 0. The highest BCUT2D eigenvalue weighted by Crippen LogP contribution is 1.95. The molecule has 0 fully saturated rings. The van der Waals surface area contributed by atoms with Crippen molar-refractivity contribution in [1.29, 1.82) is 0 Å². The Kier molecular flexibility index (Phi) is 5.90. The van der Waals surface area contributed by atoms with E-state index in [1.54, 1.807) is 13.8 Å². The van der Waals surface area contributed by atoms with Gasteiger partial charge in [0.2, 0.25) is 5.91 Å². The van der Waals surface area contributed by atoms with E-state index in [9.17, 15) is 4.79 Å². The average molecular weight is 252 g/mol. The minimum absolute atomic E-state index is 0.169. The number of hydrogen-bond acceptors (Lipinski definition) is 5. The number of unbranched alkanes of at least 4 members (excludes halogenated alkanes) is 1. The summed E-state index contributed by atoms with van der Waals surface area (Å²) in [5, 5.41) is 5.54. The number of nitrogens with one attached hydrogen (secondary N) is 2. The molecule has 0 bridgehead atoms. The van der Waals surface area contributed by atoms with E-state index in [1.807, 2.05) is 0 Å². The van der Waals surface area contributed by atoms with Gasteiger partial charge in [-0.15, -0.1) is 0 Å². The largest absolute Gasteiger partial charge is 0.465 e. The van der Waals surface area contributed by atoms with Crippen molar-refractivity contribution < 1.29 is 9.53 Å². The molecule has 0 saturated heterocycles. The van der Waals surface area contributed by atoms with Gasteiger partial charge in [-0.1, -0.05) is 13.3 Å². The molecule has 18 heavy (non-hydrogen) atoms. The Balaban J connectivity index is 2.72. The molecule has 1 atom stereocenters. The zero-order valence-corrected chi connectivity index (χ0v) is 11.1. The van der Waals surface area contributed by atoms with Crippen molar-refractivity contribution in [1.82, 2.24) is 10.6 Å². The van der Waals surface area contributed by atoms with Crippen molar-refractivity contribution >= 4 is 17.8 Å². The molecule has 1 amide bonds. The van der Waals surface area contributed by atoms with Gasteiger partial charge >= 0.3 is 0 Å². The predicted molar refractivity (Wildman–Crippen MR) is 71.3 cm³/mol. The summed E-state index contributed by atoms with van der Waals surface area (Å²) < 4.78 is 5.48. The lowest BCUT2D eigenvalue weighted by atomic mass is 10.3. The fourth-order valence-electron chi connectivity index (χ4n) is 1.30. The number of amides is 1. The first-order valence-electron chi connectivity index (χ1n) is 6.11. The fourth-order valence-corrected chi connectivity index (χ4v) is 1.30. The number of nitrogens with zero attached hydrogens (tertiary/aromatic N) is 2. The quantitative estimate of drug-likeness (QED) is 0.740. The molecule has 1 unspecified atom stereocenters. The van der Waals surface area contributed by atoms with Crippen LogP contribution in [0.3, 0.4) is 0 Å². The molecular weight excluding hydrogens is 232 g/mol. The predicted octanol–water partition coefficient (Wildman–Crippen LogP) is 1.16. The molecule has 0 radical (unpaired) electrons. The molecule has 0 aromatic heterocycles. The van der Waals surface area contributed by atoms with Crippen molar-refractivity contribution in [3.05, 3.63) is 12.4 Å². The SMILES string of the molecule is CCCCOC1=N/C=C/NC(=O)C(C)N=C(C)N1. The first-order valence-corrected chi connectivity index (χ1v) is 6.11. The van der Waals surface area contributed by atoms with Gasteiger partial charge in [0, 0.05) is 12.4 Å². The Labute approximate surface area is 107 Å². The molecule has 1 heterocycles. The maximum Gasteiger partial charge on any atom is 0.294 e. The highest BCUT2D eigenvalue weighted by molar-refractivity contribution is 5.97. The third kappa shape index (κ3) is 4.99. The topological polar surface area (TPSA) is 75.1 Å². The molecule has 1 aliphatic rings. The second-order valence-corrected chi connectivity index (χ2v) is 3.98. The number of carbonyl (C=O) groups is 1. The molecule has 0 saturated carbocycles. The van der Waals surface area contributed by atoms with Gasteiger partial charge in [0.15, 0.2) is 0 Å². The molecular formula is C12H20N4O2. The van der Waals surface area contributed by atoms with Crippen LogP contribution in [0.5, 0.6) is 0 Å². The van der Waals surface area contributed by atoms with Gasteiger partial charge in [-0.05, 0) is 20.3 Å². The van der Waals surface area contributed by atoms with E-state index in [4.69, 9.17) is 4.74 Å². The van der Waals surface area contributed by atoms with Crippen molar-refractivity contribution in [3.63, 3.8) is 0 Å². The lowest BCUT2D eigenvalue weighted by molar-refractivity contribution is -0.120. The molecule has 6 heteroatoms. The van der Waals surface area contributed by atoms with Crippen molar-refractivity contribution in [3.8, 4) is 0 Å². The molecule has 0 aromatic rings. The van der Waals surface area contributed by atoms with Gasteiger partial charge in [-0.2, -0.15) is 0 Å². The van der Waals surface area contributed by atoms with Crippen LogP contribution in [-0.2, 0) is 9.53 Å². The third-order valence-corrected chi connectivity index (χ3v) is 2.28. The highest BCUT2D eigenvalue weighted by Gasteiger charge is 2.11. The molecule has 0 aliphatic carbocycles. The Morgan fingerprint density at radius 1 is 1.50 bits per heavy atom. The van der Waals surface area contributed by atoms with Crippen LogP contribution < -0.4 is 10.6 Å². The summed E-state index contributed by atoms with van der Waals surface area (Å²) in [6.45, 7) is 6.19. The van der Waals surface area contributed by atoms with E-state index in [1.165, 1.54) is 12.4 Å². The summed E-state index contributed by atoms with van der Waals surface area (Å²) in [6, 6.07) is -0.0542. The van der Waals surface area contributed by atoms with E-state index >= 15 is 0 Å². The third-order valence-electron chi connectivity index (χ3n) is 2.28. The van der Waals surface area contributed by atoms with E-state index in [2.05, 4.69) is 27.5 Å². The molecule has 100 valence electrons. The standard InChI is InChI=1S/C12H20N4O2/c1-4-5-8-18-12-14-7-6-13-11(17)9(2)15-10(3)16-12/h6-7,9H,4-5,8H2,1-3H3,(H,13,17)(H,14,15,16)/b7-6+. The minimum atomic E-state index is -0.447. The molecule has 1 rings (SSSR count). The van der Waals surface area contributed by atoms with Gasteiger partial charge in [0.1, 0.15) is 11.9 Å². The van der Waals surface area contributed by atoms with Crippen LogP contribution in [-0.4, -0.2) is 30.4 Å². The first kappa shape index (κ1) is 14.2. The normalized spacial score (nSPS) is 22.2. The number of aliphatic imine (C=N–C) groups is 2. The van der Waals surface area contributed by atoms with E-state index in [-0.39, 0.29) is 5.91 Å². The number of amidine groups is 2. The van der Waals surface area contributed by atoms with Gasteiger partial charge in [-0.25, -0.2) is 4.99 Å². The number of rotatable bonds is 3. The maximum atomic E-state index is 11.5. The fraction of sp³-hybridized carbons (Fsp3) is 0.583. The number of hydrogen-bond donors (Lipinski definition) is 2. The number of ether oxygens (including phenoxy) is 1. The summed E-state index contributed by atoms with van der Waals surface area (Å²) in [5.41, 5.74) is 0. The summed E-state index contributed by atoms with van der Waals surface area (Å²) in [4.78, 5) is 19.8. The molecule has 2 N–H and O–H groups in total. The van der Waals surface area contributed by atoms with Crippen LogP contribution in [0.15, 0.2) is 22.4 Å². The van der Waals surface area contributed by atoms with Crippen LogP contribution in [0.25, 0.3) is 0 Å².